The lowest BCUT2D eigenvalue weighted by Gasteiger charge is -2.20. The summed E-state index contributed by atoms with van der Waals surface area (Å²) in [6.45, 7) is 10.0. The molecule has 1 aromatic carbocycles. The molecule has 0 aromatic heterocycles. The fourth-order valence-corrected chi connectivity index (χ4v) is 4.55. The summed E-state index contributed by atoms with van der Waals surface area (Å²) < 4.78 is 27.1. The predicted octanol–water partition coefficient (Wildman–Crippen LogP) is -0.549. The number of sulfonamides is 1. The van der Waals surface area contributed by atoms with E-state index < -0.39 is 10.0 Å². The van der Waals surface area contributed by atoms with E-state index in [2.05, 4.69) is 19.4 Å². The van der Waals surface area contributed by atoms with E-state index in [0.29, 0.717) is 24.3 Å². The third-order valence-corrected chi connectivity index (χ3v) is 6.79. The molecule has 27 heavy (non-hydrogen) atoms. The molecule has 4 N–H and O–H groups in total. The quantitative estimate of drug-likeness (QED) is 0.436. The Labute approximate surface area is 164 Å². The first-order chi connectivity index (χ1) is 12.6. The van der Waals surface area contributed by atoms with Crippen molar-refractivity contribution in [2.24, 2.45) is 0 Å². The Morgan fingerprint density at radius 1 is 1.26 bits per heavy atom. The summed E-state index contributed by atoms with van der Waals surface area (Å²) in [7, 11) is 0.653. The van der Waals surface area contributed by atoms with E-state index in [1.807, 2.05) is 26.1 Å². The molecule has 0 saturated carbocycles. The molecule has 8 heteroatoms. The largest absolute Gasteiger partial charge is 0.340 e. The van der Waals surface area contributed by atoms with Gasteiger partial charge in [-0.15, -0.1) is 0 Å². The van der Waals surface area contributed by atoms with Crippen molar-refractivity contribution in [2.75, 3.05) is 45.6 Å². The molecule has 154 valence electrons. The number of amides is 1. The minimum absolute atomic E-state index is 0.123. The molecule has 1 amide bonds. The first-order valence-electron chi connectivity index (χ1n) is 9.67. The fourth-order valence-electron chi connectivity index (χ4n) is 2.84. The Kier molecular flexibility index (Phi) is 9.38. The van der Waals surface area contributed by atoms with Crippen LogP contribution in [-0.4, -0.2) is 64.9 Å². The number of rotatable bonds is 11. The van der Waals surface area contributed by atoms with Gasteiger partial charge in [-0.2, -0.15) is 4.31 Å². The molecule has 0 spiro atoms. The molecule has 0 radical (unpaired) electrons. The second-order valence-corrected chi connectivity index (χ2v) is 9.09. The molecule has 0 bridgehead atoms. The van der Waals surface area contributed by atoms with Gasteiger partial charge in [0.05, 0.1) is 32.1 Å². The second kappa shape index (κ2) is 10.8. The monoisotopic (exact) mass is 400 g/mol. The number of quaternary nitrogens is 2. The maximum Gasteiger partial charge on any atom is 0.282 e. The highest BCUT2D eigenvalue weighted by atomic mass is 32.2. The van der Waals surface area contributed by atoms with Gasteiger partial charge < -0.3 is 15.5 Å². The maximum absolute atomic E-state index is 12.8. The Hall–Kier alpha value is -1.48. The van der Waals surface area contributed by atoms with Gasteiger partial charge in [-0.1, -0.05) is 19.9 Å². The van der Waals surface area contributed by atoms with E-state index in [1.54, 1.807) is 25.1 Å². The van der Waals surface area contributed by atoms with Crippen molar-refractivity contribution < 1.29 is 23.4 Å². The van der Waals surface area contributed by atoms with Crippen LogP contribution in [-0.2, 0) is 14.8 Å². The van der Waals surface area contributed by atoms with Crippen LogP contribution in [0, 0.1) is 6.92 Å². The van der Waals surface area contributed by atoms with E-state index >= 15 is 0 Å². The number of nitrogens with zero attached hydrogens (tertiary/aromatic N) is 1. The van der Waals surface area contributed by atoms with E-state index in [0.717, 1.165) is 19.5 Å². The van der Waals surface area contributed by atoms with Crippen molar-refractivity contribution in [1.82, 2.24) is 4.31 Å². The zero-order chi connectivity index (χ0) is 20.6. The van der Waals surface area contributed by atoms with Gasteiger partial charge >= 0.3 is 0 Å². The van der Waals surface area contributed by atoms with Gasteiger partial charge in [0.25, 0.3) is 5.91 Å². The Balaban J connectivity index is 2.83. The minimum Gasteiger partial charge on any atom is -0.340 e. The number of nitrogens with one attached hydrogen (secondary N) is 2. The first kappa shape index (κ1) is 23.6. The van der Waals surface area contributed by atoms with Crippen LogP contribution in [0.25, 0.3) is 0 Å². The maximum atomic E-state index is 12.8. The van der Waals surface area contributed by atoms with Gasteiger partial charge in [-0.25, -0.2) is 8.42 Å². The van der Waals surface area contributed by atoms with Crippen LogP contribution in [0.2, 0.25) is 0 Å². The number of carbonyl (C=O) groups is 1. The van der Waals surface area contributed by atoms with E-state index in [1.165, 1.54) is 9.21 Å². The molecular formula is C19H36N4O3S+2. The molecule has 1 rings (SSSR count). The average molecular weight is 401 g/mol. The average Bonchev–Trinajstić information content (AvgIpc) is 2.60. The highest BCUT2D eigenvalue weighted by molar-refractivity contribution is 7.89. The smallest absolute Gasteiger partial charge is 0.282 e. The summed E-state index contributed by atoms with van der Waals surface area (Å²) in [5.41, 5.74) is 1.18. The zero-order valence-electron chi connectivity index (χ0n) is 17.5. The molecule has 1 atom stereocenters. The topological polar surface area (TPSA) is 87.5 Å². The normalized spacial score (nSPS) is 13.2. The number of aryl methyl sites for hydroxylation is 1. The van der Waals surface area contributed by atoms with E-state index in [9.17, 15) is 13.2 Å². The molecule has 1 aromatic rings. The number of anilines is 1. The zero-order valence-corrected chi connectivity index (χ0v) is 18.3. The van der Waals surface area contributed by atoms with Gasteiger partial charge in [-0.05, 0) is 31.5 Å². The lowest BCUT2D eigenvalue weighted by Crippen LogP contribution is -3.06. The van der Waals surface area contributed by atoms with Gasteiger partial charge in [0.1, 0.15) is 0 Å². The van der Waals surface area contributed by atoms with Gasteiger partial charge in [0.15, 0.2) is 6.04 Å². The Bertz CT molecular complexity index is 716. The summed E-state index contributed by atoms with van der Waals surface area (Å²) in [5.74, 6) is -0.123. The van der Waals surface area contributed by atoms with Gasteiger partial charge in [-0.3, -0.25) is 4.79 Å². The van der Waals surface area contributed by atoms with Crippen LogP contribution < -0.4 is 15.5 Å². The third kappa shape index (κ3) is 6.88. The van der Waals surface area contributed by atoms with Crippen molar-refractivity contribution in [3.8, 4) is 0 Å². The van der Waals surface area contributed by atoms with Crippen molar-refractivity contribution in [2.45, 2.75) is 45.1 Å². The van der Waals surface area contributed by atoms with Crippen LogP contribution in [0.1, 0.15) is 32.8 Å². The number of nitrogens with two attached hydrogens (primary N) is 1. The molecule has 7 nitrogen and oxygen atoms in total. The van der Waals surface area contributed by atoms with E-state index in [-0.39, 0.29) is 16.8 Å². The standard InChI is InChI=1S/C19H34N4O3S/c1-7-23(8-2)27(25,26)18-14-17(11-10-15(18)3)21-19(24)16(4)20-12-9-13-22(5)6/h10-11,14,16,20H,7-9,12-13H2,1-6H3,(H,21,24)/p+2/t16-/m1/s1. The van der Waals surface area contributed by atoms with Gasteiger partial charge in [0, 0.05) is 25.2 Å². The predicted molar refractivity (Wildman–Crippen MR) is 108 cm³/mol. The molecule has 0 aliphatic carbocycles. The molecule has 0 heterocycles. The lowest BCUT2D eigenvalue weighted by atomic mass is 10.2. The molecule has 0 aliphatic rings. The number of benzene rings is 1. The van der Waals surface area contributed by atoms with Crippen LogP contribution in [0.3, 0.4) is 0 Å². The third-order valence-electron chi connectivity index (χ3n) is 4.59. The summed E-state index contributed by atoms with van der Waals surface area (Å²) in [5, 5.41) is 4.86. The second-order valence-electron chi connectivity index (χ2n) is 7.18. The summed E-state index contributed by atoms with van der Waals surface area (Å²) >= 11 is 0. The summed E-state index contributed by atoms with van der Waals surface area (Å²) in [4.78, 5) is 14.1. The van der Waals surface area contributed by atoms with Crippen molar-refractivity contribution in [3.63, 3.8) is 0 Å². The molecule has 0 fully saturated rings. The number of hydrogen-bond donors (Lipinski definition) is 3. The molecular weight excluding hydrogens is 364 g/mol. The Morgan fingerprint density at radius 3 is 2.44 bits per heavy atom. The summed E-state index contributed by atoms with van der Waals surface area (Å²) in [6, 6.07) is 4.81. The molecule has 0 aliphatic heterocycles. The number of hydrogen-bond acceptors (Lipinski definition) is 3. The first-order valence-corrected chi connectivity index (χ1v) is 11.1. The minimum atomic E-state index is -3.56. The fraction of sp³-hybridized carbons (Fsp3) is 0.632. The van der Waals surface area contributed by atoms with E-state index in [4.69, 9.17) is 0 Å². The van der Waals surface area contributed by atoms with Crippen molar-refractivity contribution >= 4 is 21.6 Å². The van der Waals surface area contributed by atoms with Crippen molar-refractivity contribution in [1.29, 1.82) is 0 Å². The van der Waals surface area contributed by atoms with Crippen LogP contribution >= 0.6 is 0 Å². The van der Waals surface area contributed by atoms with Crippen LogP contribution in [0.4, 0.5) is 5.69 Å². The van der Waals surface area contributed by atoms with Crippen LogP contribution in [0.15, 0.2) is 23.1 Å². The van der Waals surface area contributed by atoms with Gasteiger partial charge in [0.2, 0.25) is 10.0 Å². The Morgan fingerprint density at radius 2 is 1.89 bits per heavy atom. The number of carbonyl (C=O) groups excluding carboxylic acids is 1. The van der Waals surface area contributed by atoms with Crippen LogP contribution in [0.5, 0.6) is 0 Å². The molecule has 0 unspecified atom stereocenters. The highest BCUT2D eigenvalue weighted by Gasteiger charge is 2.24. The molecule has 0 saturated heterocycles. The van der Waals surface area contributed by atoms with Crippen molar-refractivity contribution in [3.05, 3.63) is 23.8 Å². The lowest BCUT2D eigenvalue weighted by molar-refractivity contribution is -0.860. The highest BCUT2D eigenvalue weighted by Crippen LogP contribution is 2.23. The SMILES string of the molecule is CCN(CC)S(=O)(=O)c1cc(NC(=O)[C@@H](C)[NH2+]CCC[NH+](C)C)ccc1C. The summed E-state index contributed by atoms with van der Waals surface area (Å²) in [6.07, 6.45) is 1.04.